The average molecular weight is 1150 g/mol. The summed E-state index contributed by atoms with van der Waals surface area (Å²) in [5, 5.41) is 0. The summed E-state index contributed by atoms with van der Waals surface area (Å²) in [6.45, 7) is 6.44. The fourth-order valence-corrected chi connectivity index (χ4v) is 9.79. The maximum atomic E-state index is 13.0. The van der Waals surface area contributed by atoms with E-state index in [4.69, 9.17) is 14.2 Å². The molecule has 0 saturated heterocycles. The van der Waals surface area contributed by atoms with Crippen molar-refractivity contribution in [3.8, 4) is 0 Å². The van der Waals surface area contributed by atoms with Gasteiger partial charge in [-0.3, -0.25) is 14.4 Å². The van der Waals surface area contributed by atoms with Gasteiger partial charge in [-0.2, -0.15) is 0 Å². The molecule has 0 aromatic heterocycles. The second-order valence-corrected chi connectivity index (χ2v) is 23.0. The highest BCUT2D eigenvalue weighted by Gasteiger charge is 2.19. The Labute approximate surface area is 513 Å². The van der Waals surface area contributed by atoms with Crippen LogP contribution in [-0.4, -0.2) is 37.2 Å². The van der Waals surface area contributed by atoms with Crippen molar-refractivity contribution in [2.45, 2.75) is 335 Å². The standard InChI is InChI=1S/C77H130O6/c1-4-7-10-13-16-19-22-25-28-31-34-36-37-38-39-41-43-46-49-52-55-58-61-64-67-70-76(79)82-73-74(72-81-75(78)69-66-63-60-57-54-51-48-45-42-33-30-27-24-21-18-15-12-9-6-3)83-77(80)71-68-65-62-59-56-53-50-47-44-40-35-32-29-26-23-20-17-14-11-8-5-2/h7-8,10-11,16-17,19-20,25-26,28-29,34-36,38-40,43,46,74H,4-6,9,12-15,18,21-24,27,30-33,37,41-42,44-45,47-73H2,1-3H3/b10-7-,11-8-,19-16-,20-17-,28-25-,29-26-,36-34-,39-38-,40-35-,46-43-. The van der Waals surface area contributed by atoms with Crippen LogP contribution in [0.5, 0.6) is 0 Å². The van der Waals surface area contributed by atoms with E-state index in [-0.39, 0.29) is 31.1 Å². The molecule has 0 rings (SSSR count). The average Bonchev–Trinajstić information content (AvgIpc) is 3.50. The summed E-state index contributed by atoms with van der Waals surface area (Å²) in [6.07, 6.45) is 97.8. The molecule has 0 bridgehead atoms. The number of esters is 3. The molecule has 1 atom stereocenters. The summed E-state index contributed by atoms with van der Waals surface area (Å²) in [7, 11) is 0. The van der Waals surface area contributed by atoms with Gasteiger partial charge < -0.3 is 14.2 Å². The van der Waals surface area contributed by atoms with Crippen LogP contribution >= 0.6 is 0 Å². The molecule has 1 unspecified atom stereocenters. The van der Waals surface area contributed by atoms with Crippen molar-refractivity contribution in [2.24, 2.45) is 0 Å². The number of carbonyl (C=O) groups excluding carboxylic acids is 3. The van der Waals surface area contributed by atoms with Crippen LogP contribution in [0.15, 0.2) is 122 Å². The molecule has 83 heavy (non-hydrogen) atoms. The van der Waals surface area contributed by atoms with Gasteiger partial charge in [0.1, 0.15) is 13.2 Å². The molecule has 0 aliphatic heterocycles. The zero-order valence-electron chi connectivity index (χ0n) is 54.4. The largest absolute Gasteiger partial charge is 0.462 e. The predicted molar refractivity (Wildman–Crippen MR) is 362 cm³/mol. The number of carbonyl (C=O) groups is 3. The monoisotopic (exact) mass is 1150 g/mol. The lowest BCUT2D eigenvalue weighted by atomic mass is 10.0. The highest BCUT2D eigenvalue weighted by Crippen LogP contribution is 2.17. The Kier molecular flexibility index (Phi) is 66.7. The van der Waals surface area contributed by atoms with Crippen LogP contribution < -0.4 is 0 Å². The highest BCUT2D eigenvalue weighted by atomic mass is 16.6. The van der Waals surface area contributed by atoms with Crippen LogP contribution in [-0.2, 0) is 28.6 Å². The molecule has 0 radical (unpaired) electrons. The predicted octanol–water partition coefficient (Wildman–Crippen LogP) is 24.3. The van der Waals surface area contributed by atoms with Crippen molar-refractivity contribution in [3.63, 3.8) is 0 Å². The van der Waals surface area contributed by atoms with Crippen molar-refractivity contribution in [3.05, 3.63) is 122 Å². The van der Waals surface area contributed by atoms with Gasteiger partial charge in [0.25, 0.3) is 0 Å². The smallest absolute Gasteiger partial charge is 0.306 e. The lowest BCUT2D eigenvalue weighted by Crippen LogP contribution is -2.30. The van der Waals surface area contributed by atoms with Crippen LogP contribution in [0.25, 0.3) is 0 Å². The zero-order chi connectivity index (χ0) is 59.9. The summed E-state index contributed by atoms with van der Waals surface area (Å²) in [6, 6.07) is 0. The van der Waals surface area contributed by atoms with Gasteiger partial charge in [-0.05, 0) is 109 Å². The van der Waals surface area contributed by atoms with E-state index in [0.29, 0.717) is 19.3 Å². The fraction of sp³-hybridized carbons (Fsp3) is 0.701. The molecule has 0 heterocycles. The van der Waals surface area contributed by atoms with E-state index < -0.39 is 6.10 Å². The Hall–Kier alpha value is -4.19. The Morgan fingerprint density at radius 2 is 0.470 bits per heavy atom. The van der Waals surface area contributed by atoms with Gasteiger partial charge in [-0.1, -0.05) is 322 Å². The quantitative estimate of drug-likeness (QED) is 0.0261. The minimum atomic E-state index is -0.793. The van der Waals surface area contributed by atoms with Crippen molar-refractivity contribution >= 4 is 17.9 Å². The third-order valence-corrected chi connectivity index (χ3v) is 15.0. The highest BCUT2D eigenvalue weighted by molar-refractivity contribution is 5.71. The lowest BCUT2D eigenvalue weighted by Gasteiger charge is -2.18. The van der Waals surface area contributed by atoms with Gasteiger partial charge in [0, 0.05) is 19.3 Å². The number of hydrogen-bond acceptors (Lipinski definition) is 6. The van der Waals surface area contributed by atoms with Crippen LogP contribution in [0.3, 0.4) is 0 Å². The number of ether oxygens (including phenoxy) is 3. The second-order valence-electron chi connectivity index (χ2n) is 23.0. The summed E-state index contributed by atoms with van der Waals surface area (Å²) in [5.41, 5.74) is 0. The molecule has 0 aliphatic carbocycles. The van der Waals surface area contributed by atoms with Crippen LogP contribution in [0, 0.1) is 0 Å². The molecule has 0 amide bonds. The lowest BCUT2D eigenvalue weighted by molar-refractivity contribution is -0.167. The van der Waals surface area contributed by atoms with E-state index in [1.54, 1.807) is 0 Å². The first-order valence-electron chi connectivity index (χ1n) is 35.0. The number of unbranched alkanes of at least 4 members (excludes halogenated alkanes) is 32. The number of hydrogen-bond donors (Lipinski definition) is 0. The third kappa shape index (κ3) is 68.5. The van der Waals surface area contributed by atoms with Crippen molar-refractivity contribution in [1.29, 1.82) is 0 Å². The molecule has 0 N–H and O–H groups in total. The number of allylic oxidation sites excluding steroid dienone is 20. The SMILES string of the molecule is CC/C=C\C/C=C\C/C=C\C/C=C\C/C=C\C/C=C\CCCCCCCCC(=O)OCC(COC(=O)CCCCCCCCCCCCCCCCCCCCC)OC(=O)CCCCCCCCCC/C=C\C/C=C\C/C=C\C/C=C\CC. The molecule has 0 aliphatic rings. The first-order valence-corrected chi connectivity index (χ1v) is 35.0. The van der Waals surface area contributed by atoms with Crippen LogP contribution in [0.1, 0.15) is 329 Å². The second kappa shape index (κ2) is 70.3. The van der Waals surface area contributed by atoms with E-state index in [1.165, 1.54) is 148 Å². The normalized spacial score (nSPS) is 12.9. The van der Waals surface area contributed by atoms with Crippen molar-refractivity contribution in [1.82, 2.24) is 0 Å². The first-order chi connectivity index (χ1) is 41.0. The van der Waals surface area contributed by atoms with Gasteiger partial charge in [-0.25, -0.2) is 0 Å². The van der Waals surface area contributed by atoms with E-state index >= 15 is 0 Å². The first kappa shape index (κ1) is 78.8. The van der Waals surface area contributed by atoms with Crippen LogP contribution in [0.4, 0.5) is 0 Å². The van der Waals surface area contributed by atoms with Gasteiger partial charge in [0.2, 0.25) is 0 Å². The summed E-state index contributed by atoms with van der Waals surface area (Å²) in [4.78, 5) is 38.5. The number of rotatable bonds is 63. The molecule has 474 valence electrons. The van der Waals surface area contributed by atoms with Crippen LogP contribution in [0.2, 0.25) is 0 Å². The van der Waals surface area contributed by atoms with Gasteiger partial charge >= 0.3 is 17.9 Å². The fourth-order valence-electron chi connectivity index (χ4n) is 9.79. The Morgan fingerprint density at radius 3 is 0.735 bits per heavy atom. The van der Waals surface area contributed by atoms with E-state index in [2.05, 4.69) is 142 Å². The molecule has 0 spiro atoms. The summed E-state index contributed by atoms with van der Waals surface area (Å²) >= 11 is 0. The molecular formula is C77H130O6. The Balaban J connectivity index is 4.43. The maximum absolute atomic E-state index is 13.0. The molecule has 6 heteroatoms. The summed E-state index contributed by atoms with van der Waals surface area (Å²) in [5.74, 6) is -0.896. The van der Waals surface area contributed by atoms with Crippen molar-refractivity contribution < 1.29 is 28.6 Å². The zero-order valence-corrected chi connectivity index (χ0v) is 54.4. The molecule has 0 fully saturated rings. The minimum absolute atomic E-state index is 0.0855. The van der Waals surface area contributed by atoms with Crippen molar-refractivity contribution in [2.75, 3.05) is 13.2 Å². The van der Waals surface area contributed by atoms with Gasteiger partial charge in [0.15, 0.2) is 6.10 Å². The Bertz CT molecular complexity index is 1700. The molecular weight excluding hydrogens is 1020 g/mol. The Morgan fingerprint density at radius 1 is 0.253 bits per heavy atom. The van der Waals surface area contributed by atoms with Gasteiger partial charge in [-0.15, -0.1) is 0 Å². The summed E-state index contributed by atoms with van der Waals surface area (Å²) < 4.78 is 17.0. The van der Waals surface area contributed by atoms with E-state index in [9.17, 15) is 14.4 Å². The third-order valence-electron chi connectivity index (χ3n) is 15.0. The molecule has 6 nitrogen and oxygen atoms in total. The molecule has 0 aromatic carbocycles. The topological polar surface area (TPSA) is 78.9 Å². The van der Waals surface area contributed by atoms with E-state index in [1.807, 2.05) is 0 Å². The molecule has 0 saturated carbocycles. The maximum Gasteiger partial charge on any atom is 0.306 e. The van der Waals surface area contributed by atoms with Gasteiger partial charge in [0.05, 0.1) is 0 Å². The minimum Gasteiger partial charge on any atom is -0.462 e. The molecule has 0 aromatic rings. The van der Waals surface area contributed by atoms with E-state index in [0.717, 1.165) is 141 Å².